The SMILES string of the molecule is Cc1cc(/C=C(\C#N)C(=O)O[C@H](C)C(=O)NC(=O)NC(C)C)c(C)n1C1CC1. The van der Waals surface area contributed by atoms with Gasteiger partial charge < -0.3 is 14.6 Å². The molecular formula is C20H26N4O4. The zero-order valence-corrected chi connectivity index (χ0v) is 16.8. The van der Waals surface area contributed by atoms with Crippen LogP contribution in [0.3, 0.4) is 0 Å². The number of amides is 3. The average molecular weight is 386 g/mol. The van der Waals surface area contributed by atoms with Gasteiger partial charge in [-0.25, -0.2) is 9.59 Å². The fourth-order valence-electron chi connectivity index (χ4n) is 2.93. The quantitative estimate of drug-likeness (QED) is 0.443. The van der Waals surface area contributed by atoms with E-state index in [1.165, 1.54) is 13.0 Å². The van der Waals surface area contributed by atoms with Crippen LogP contribution in [0.15, 0.2) is 11.6 Å². The molecule has 0 aliphatic heterocycles. The van der Waals surface area contributed by atoms with E-state index in [0.717, 1.165) is 29.8 Å². The lowest BCUT2D eigenvalue weighted by atomic mass is 10.1. The van der Waals surface area contributed by atoms with E-state index in [4.69, 9.17) is 4.74 Å². The number of nitriles is 1. The van der Waals surface area contributed by atoms with Gasteiger partial charge in [-0.1, -0.05) is 0 Å². The van der Waals surface area contributed by atoms with Crippen LogP contribution in [0.5, 0.6) is 0 Å². The minimum Gasteiger partial charge on any atom is -0.448 e. The van der Waals surface area contributed by atoms with Gasteiger partial charge in [0, 0.05) is 23.5 Å². The number of carbonyl (C=O) groups excluding carboxylic acids is 3. The van der Waals surface area contributed by atoms with Crippen molar-refractivity contribution in [2.45, 2.75) is 65.6 Å². The van der Waals surface area contributed by atoms with Crippen LogP contribution in [0.25, 0.3) is 6.08 Å². The number of nitrogens with one attached hydrogen (secondary N) is 2. The van der Waals surface area contributed by atoms with Gasteiger partial charge in [0.1, 0.15) is 11.6 Å². The second-order valence-electron chi connectivity index (χ2n) is 7.26. The Balaban J connectivity index is 2.06. The Hall–Kier alpha value is -3.08. The number of nitrogens with zero attached hydrogens (tertiary/aromatic N) is 2. The molecule has 1 heterocycles. The highest BCUT2D eigenvalue weighted by atomic mass is 16.5. The molecule has 8 heteroatoms. The van der Waals surface area contributed by atoms with Crippen molar-refractivity contribution >= 4 is 24.0 Å². The predicted octanol–water partition coefficient (Wildman–Crippen LogP) is 2.51. The minimum absolute atomic E-state index is 0.145. The third-order valence-electron chi connectivity index (χ3n) is 4.39. The molecule has 1 fully saturated rings. The number of aryl methyl sites for hydroxylation is 1. The molecule has 1 aliphatic rings. The first-order valence-electron chi connectivity index (χ1n) is 9.26. The maximum Gasteiger partial charge on any atom is 0.349 e. The molecular weight excluding hydrogens is 360 g/mol. The van der Waals surface area contributed by atoms with Crippen molar-refractivity contribution in [1.82, 2.24) is 15.2 Å². The van der Waals surface area contributed by atoms with Crippen molar-refractivity contribution in [3.8, 4) is 6.07 Å². The zero-order valence-electron chi connectivity index (χ0n) is 16.8. The lowest BCUT2D eigenvalue weighted by Crippen LogP contribution is -2.46. The first kappa shape index (κ1) is 21.2. The summed E-state index contributed by atoms with van der Waals surface area (Å²) in [5.41, 5.74) is 2.62. The maximum absolute atomic E-state index is 12.3. The molecule has 1 aromatic heterocycles. The lowest BCUT2D eigenvalue weighted by Gasteiger charge is -2.14. The van der Waals surface area contributed by atoms with Gasteiger partial charge in [0.15, 0.2) is 6.10 Å². The summed E-state index contributed by atoms with van der Waals surface area (Å²) >= 11 is 0. The monoisotopic (exact) mass is 386 g/mol. The Labute approximate surface area is 164 Å². The van der Waals surface area contributed by atoms with Crippen molar-refractivity contribution in [3.63, 3.8) is 0 Å². The molecule has 0 unspecified atom stereocenters. The van der Waals surface area contributed by atoms with Crippen molar-refractivity contribution in [3.05, 3.63) is 28.6 Å². The molecule has 8 nitrogen and oxygen atoms in total. The van der Waals surface area contributed by atoms with Crippen LogP contribution >= 0.6 is 0 Å². The van der Waals surface area contributed by atoms with Gasteiger partial charge in [0.05, 0.1) is 0 Å². The molecule has 0 radical (unpaired) electrons. The van der Waals surface area contributed by atoms with Crippen LogP contribution in [-0.4, -0.2) is 34.6 Å². The number of carbonyl (C=O) groups is 3. The smallest absolute Gasteiger partial charge is 0.349 e. The highest BCUT2D eigenvalue weighted by Gasteiger charge is 2.27. The molecule has 0 spiro atoms. The third-order valence-corrected chi connectivity index (χ3v) is 4.39. The third kappa shape index (κ3) is 5.22. The highest BCUT2D eigenvalue weighted by molar-refractivity contribution is 6.01. The Morgan fingerprint density at radius 3 is 2.46 bits per heavy atom. The number of hydrogen-bond acceptors (Lipinski definition) is 5. The number of rotatable bonds is 6. The number of aromatic nitrogens is 1. The summed E-state index contributed by atoms with van der Waals surface area (Å²) in [4.78, 5) is 35.8. The summed E-state index contributed by atoms with van der Waals surface area (Å²) in [7, 11) is 0. The van der Waals surface area contributed by atoms with E-state index >= 15 is 0 Å². The van der Waals surface area contributed by atoms with Crippen molar-refractivity contribution in [2.24, 2.45) is 0 Å². The number of esters is 1. The second kappa shape index (κ2) is 8.74. The largest absolute Gasteiger partial charge is 0.448 e. The van der Waals surface area contributed by atoms with Gasteiger partial charge in [0.2, 0.25) is 0 Å². The van der Waals surface area contributed by atoms with Crippen LogP contribution in [0.4, 0.5) is 4.79 Å². The minimum atomic E-state index is -1.22. The van der Waals surface area contributed by atoms with Gasteiger partial charge in [-0.15, -0.1) is 0 Å². The summed E-state index contributed by atoms with van der Waals surface area (Å²) in [6.45, 7) is 8.77. The summed E-state index contributed by atoms with van der Waals surface area (Å²) in [6, 6.07) is 3.42. The number of ether oxygens (including phenoxy) is 1. The van der Waals surface area contributed by atoms with E-state index in [2.05, 4.69) is 15.2 Å². The van der Waals surface area contributed by atoms with Gasteiger partial charge >= 0.3 is 12.0 Å². The van der Waals surface area contributed by atoms with Crippen molar-refractivity contribution in [2.75, 3.05) is 0 Å². The molecule has 3 amide bonds. The van der Waals surface area contributed by atoms with Crippen LogP contribution in [0.2, 0.25) is 0 Å². The van der Waals surface area contributed by atoms with E-state index in [9.17, 15) is 19.6 Å². The summed E-state index contributed by atoms with van der Waals surface area (Å²) < 4.78 is 7.26. The van der Waals surface area contributed by atoms with Crippen LogP contribution in [0, 0.1) is 25.2 Å². The first-order valence-corrected chi connectivity index (χ1v) is 9.26. The fraction of sp³-hybridized carbons (Fsp3) is 0.500. The molecule has 150 valence electrons. The maximum atomic E-state index is 12.3. The van der Waals surface area contributed by atoms with E-state index in [-0.39, 0.29) is 11.6 Å². The van der Waals surface area contributed by atoms with Gasteiger partial charge in [0.25, 0.3) is 5.91 Å². The van der Waals surface area contributed by atoms with Crippen LogP contribution in [-0.2, 0) is 14.3 Å². The normalized spacial score (nSPS) is 15.0. The van der Waals surface area contributed by atoms with E-state index in [1.807, 2.05) is 26.0 Å². The summed E-state index contributed by atoms with van der Waals surface area (Å²) in [5.74, 6) is -1.68. The molecule has 1 aliphatic carbocycles. The van der Waals surface area contributed by atoms with Crippen LogP contribution < -0.4 is 10.6 Å². The molecule has 0 aromatic carbocycles. The van der Waals surface area contributed by atoms with E-state index in [0.29, 0.717) is 6.04 Å². The van der Waals surface area contributed by atoms with Crippen molar-refractivity contribution < 1.29 is 19.1 Å². The molecule has 1 saturated carbocycles. The van der Waals surface area contributed by atoms with Gasteiger partial charge in [-0.05, 0) is 65.2 Å². The summed E-state index contributed by atoms with van der Waals surface area (Å²) in [6.07, 6.45) is 2.51. The fourth-order valence-corrected chi connectivity index (χ4v) is 2.93. The molecule has 2 N–H and O–H groups in total. The average Bonchev–Trinajstić information content (AvgIpc) is 3.37. The standard InChI is InChI=1S/C20H26N4O4/c1-11(2)22-20(27)23-18(25)14(5)28-19(26)16(10-21)9-15-8-12(3)24(13(15)4)17-6-7-17/h8-9,11,14,17H,6-7H2,1-5H3,(H2,22,23,25,27)/b16-9+/t14-/m1/s1. The van der Waals surface area contributed by atoms with Crippen LogP contribution in [0.1, 0.15) is 56.6 Å². The Morgan fingerprint density at radius 1 is 1.29 bits per heavy atom. The second-order valence-corrected chi connectivity index (χ2v) is 7.26. The Morgan fingerprint density at radius 2 is 1.93 bits per heavy atom. The summed E-state index contributed by atoms with van der Waals surface area (Å²) in [5, 5.41) is 13.9. The van der Waals surface area contributed by atoms with Gasteiger partial charge in [-0.3, -0.25) is 10.1 Å². The highest BCUT2D eigenvalue weighted by Crippen LogP contribution is 2.38. The number of urea groups is 1. The molecule has 1 aromatic rings. The molecule has 0 bridgehead atoms. The van der Waals surface area contributed by atoms with Gasteiger partial charge in [-0.2, -0.15) is 5.26 Å². The predicted molar refractivity (Wildman–Crippen MR) is 103 cm³/mol. The first-order chi connectivity index (χ1) is 13.1. The Bertz CT molecular complexity index is 856. The molecule has 2 rings (SSSR count). The van der Waals surface area contributed by atoms with E-state index < -0.39 is 24.0 Å². The molecule has 1 atom stereocenters. The van der Waals surface area contributed by atoms with Crippen molar-refractivity contribution in [1.29, 1.82) is 5.26 Å². The topological polar surface area (TPSA) is 113 Å². The molecule has 0 saturated heterocycles. The molecule has 28 heavy (non-hydrogen) atoms. The van der Waals surface area contributed by atoms with E-state index in [1.54, 1.807) is 13.8 Å². The number of imide groups is 1. The Kier molecular flexibility index (Phi) is 6.62. The zero-order chi connectivity index (χ0) is 21.0. The lowest BCUT2D eigenvalue weighted by molar-refractivity contribution is -0.150. The number of hydrogen-bond donors (Lipinski definition) is 2.